The van der Waals surface area contributed by atoms with Crippen LogP contribution in [0.4, 0.5) is 5.69 Å². The topological polar surface area (TPSA) is 72.7 Å². The van der Waals surface area contributed by atoms with Crippen molar-refractivity contribution in [2.24, 2.45) is 7.05 Å². The molecule has 1 atom stereocenters. The molecule has 0 fully saturated rings. The van der Waals surface area contributed by atoms with Gasteiger partial charge in [0.05, 0.1) is 5.25 Å². The zero-order chi connectivity index (χ0) is 16.9. The van der Waals surface area contributed by atoms with Crippen LogP contribution in [0.5, 0.6) is 0 Å². The van der Waals surface area contributed by atoms with Crippen LogP contribution >= 0.6 is 11.8 Å². The molecule has 0 saturated carbocycles. The number of nitrogens with zero attached hydrogens (tertiary/aromatic N) is 4. The molecule has 0 aliphatic heterocycles. The second kappa shape index (κ2) is 7.27. The fraction of sp³-hybridized carbons (Fsp3) is 0.176. The number of nitrogens with one attached hydrogen (secondary N) is 1. The molecule has 0 radical (unpaired) electrons. The summed E-state index contributed by atoms with van der Waals surface area (Å²) in [5.74, 6) is -0.0913. The van der Waals surface area contributed by atoms with Gasteiger partial charge in [-0.3, -0.25) is 4.79 Å². The first-order chi connectivity index (χ1) is 11.6. The van der Waals surface area contributed by atoms with Crippen LogP contribution in [0.2, 0.25) is 0 Å². The number of hydrogen-bond acceptors (Lipinski definition) is 5. The van der Waals surface area contributed by atoms with Crippen LogP contribution in [0.3, 0.4) is 0 Å². The van der Waals surface area contributed by atoms with Gasteiger partial charge in [0, 0.05) is 18.3 Å². The zero-order valence-corrected chi connectivity index (χ0v) is 14.2. The van der Waals surface area contributed by atoms with Gasteiger partial charge in [-0.1, -0.05) is 60.3 Å². The number of rotatable bonds is 5. The van der Waals surface area contributed by atoms with Gasteiger partial charge in [-0.25, -0.2) is 4.68 Å². The smallest absolute Gasteiger partial charge is 0.237 e. The lowest BCUT2D eigenvalue weighted by atomic mass is 10.0. The van der Waals surface area contributed by atoms with Crippen molar-refractivity contribution in [1.29, 1.82) is 0 Å². The third-order valence-corrected chi connectivity index (χ3v) is 4.63. The molecule has 0 aliphatic rings. The van der Waals surface area contributed by atoms with E-state index in [0.717, 1.165) is 16.8 Å². The molecule has 0 bridgehead atoms. The quantitative estimate of drug-likeness (QED) is 0.724. The Bertz CT molecular complexity index is 834. The summed E-state index contributed by atoms with van der Waals surface area (Å²) < 4.78 is 1.55. The van der Waals surface area contributed by atoms with Crippen LogP contribution in [-0.2, 0) is 11.8 Å². The minimum absolute atomic E-state index is 0.0913. The lowest BCUT2D eigenvalue weighted by Crippen LogP contribution is -2.23. The van der Waals surface area contributed by atoms with Crippen molar-refractivity contribution in [2.75, 3.05) is 5.32 Å². The van der Waals surface area contributed by atoms with Gasteiger partial charge in [-0.15, -0.1) is 5.10 Å². The van der Waals surface area contributed by atoms with Gasteiger partial charge in [0.15, 0.2) is 0 Å². The van der Waals surface area contributed by atoms with Crippen molar-refractivity contribution in [2.45, 2.75) is 17.3 Å². The van der Waals surface area contributed by atoms with E-state index in [-0.39, 0.29) is 11.2 Å². The fourth-order valence-corrected chi connectivity index (χ4v) is 2.98. The highest BCUT2D eigenvalue weighted by Gasteiger charge is 2.18. The van der Waals surface area contributed by atoms with Gasteiger partial charge in [0.2, 0.25) is 11.1 Å². The Hall–Kier alpha value is -2.67. The molecule has 1 amide bonds. The number of carbonyl (C=O) groups is 1. The first-order valence-electron chi connectivity index (χ1n) is 7.49. The van der Waals surface area contributed by atoms with Crippen molar-refractivity contribution in [3.8, 4) is 11.1 Å². The summed E-state index contributed by atoms with van der Waals surface area (Å²) in [4.78, 5) is 12.5. The van der Waals surface area contributed by atoms with Crippen molar-refractivity contribution in [3.05, 3.63) is 54.6 Å². The molecule has 2 aromatic carbocycles. The Morgan fingerprint density at radius 1 is 1.12 bits per heavy atom. The van der Waals surface area contributed by atoms with Gasteiger partial charge in [0.25, 0.3) is 0 Å². The Labute approximate surface area is 144 Å². The van der Waals surface area contributed by atoms with Crippen molar-refractivity contribution >= 4 is 23.4 Å². The Morgan fingerprint density at radius 2 is 1.83 bits per heavy atom. The van der Waals surface area contributed by atoms with Gasteiger partial charge in [-0.2, -0.15) is 0 Å². The standard InChI is InChI=1S/C17H17N5OS/c1-12(24-17-19-20-21-22(17)2)16(23)18-15-11-7-6-10-14(15)13-8-4-3-5-9-13/h3-12H,1-2H3,(H,18,23)/t12-/m0/s1. The molecule has 1 aromatic heterocycles. The number of thioether (sulfide) groups is 1. The van der Waals surface area contributed by atoms with E-state index in [2.05, 4.69) is 20.8 Å². The molecule has 24 heavy (non-hydrogen) atoms. The maximum atomic E-state index is 12.5. The second-order valence-electron chi connectivity index (χ2n) is 5.25. The number of amides is 1. The van der Waals surface area contributed by atoms with Crippen LogP contribution in [0.1, 0.15) is 6.92 Å². The average Bonchev–Trinajstić information content (AvgIpc) is 3.01. The molecule has 3 rings (SSSR count). The van der Waals surface area contributed by atoms with E-state index in [0.29, 0.717) is 5.16 Å². The van der Waals surface area contributed by atoms with E-state index < -0.39 is 0 Å². The number of hydrogen-bond donors (Lipinski definition) is 1. The van der Waals surface area contributed by atoms with Gasteiger partial charge in [0.1, 0.15) is 0 Å². The van der Waals surface area contributed by atoms with Gasteiger partial charge < -0.3 is 5.32 Å². The van der Waals surface area contributed by atoms with Gasteiger partial charge in [-0.05, 0) is 29.0 Å². The Kier molecular flexibility index (Phi) is 4.90. The molecule has 122 valence electrons. The van der Waals surface area contributed by atoms with E-state index >= 15 is 0 Å². The van der Waals surface area contributed by atoms with E-state index in [4.69, 9.17) is 0 Å². The molecule has 6 nitrogen and oxygen atoms in total. The normalized spacial score (nSPS) is 11.9. The highest BCUT2D eigenvalue weighted by Crippen LogP contribution is 2.28. The predicted octanol–water partition coefficient (Wildman–Crippen LogP) is 3.00. The monoisotopic (exact) mass is 339 g/mol. The lowest BCUT2D eigenvalue weighted by molar-refractivity contribution is -0.115. The number of tetrazole rings is 1. The maximum Gasteiger partial charge on any atom is 0.237 e. The average molecular weight is 339 g/mol. The molecule has 3 aromatic rings. The Balaban J connectivity index is 1.76. The molecule has 0 unspecified atom stereocenters. The minimum atomic E-state index is -0.321. The third kappa shape index (κ3) is 3.62. The number of benzene rings is 2. The molecule has 1 N–H and O–H groups in total. The van der Waals surface area contributed by atoms with E-state index in [1.165, 1.54) is 11.8 Å². The van der Waals surface area contributed by atoms with Gasteiger partial charge >= 0.3 is 0 Å². The Morgan fingerprint density at radius 3 is 2.54 bits per heavy atom. The number of anilines is 1. The van der Waals surface area contributed by atoms with E-state index in [1.807, 2.05) is 61.5 Å². The summed E-state index contributed by atoms with van der Waals surface area (Å²) >= 11 is 1.32. The van der Waals surface area contributed by atoms with Crippen LogP contribution in [0.25, 0.3) is 11.1 Å². The number of aryl methyl sites for hydroxylation is 1. The molecular weight excluding hydrogens is 322 g/mol. The van der Waals surface area contributed by atoms with Crippen molar-refractivity contribution < 1.29 is 4.79 Å². The van der Waals surface area contributed by atoms with Crippen LogP contribution in [-0.4, -0.2) is 31.4 Å². The highest BCUT2D eigenvalue weighted by molar-refractivity contribution is 8.00. The predicted molar refractivity (Wildman–Crippen MR) is 94.6 cm³/mol. The number of para-hydroxylation sites is 1. The first kappa shape index (κ1) is 16.2. The third-order valence-electron chi connectivity index (χ3n) is 3.50. The fourth-order valence-electron chi connectivity index (χ4n) is 2.23. The lowest BCUT2D eigenvalue weighted by Gasteiger charge is -2.14. The SMILES string of the molecule is C[C@H](Sc1nnnn1C)C(=O)Nc1ccccc1-c1ccccc1. The second-order valence-corrected chi connectivity index (χ2v) is 6.55. The summed E-state index contributed by atoms with van der Waals surface area (Å²) in [6.07, 6.45) is 0. The molecule has 0 spiro atoms. The van der Waals surface area contributed by atoms with Crippen molar-refractivity contribution in [3.63, 3.8) is 0 Å². The first-order valence-corrected chi connectivity index (χ1v) is 8.37. The molecular formula is C17H17N5OS. The van der Waals surface area contributed by atoms with E-state index in [1.54, 1.807) is 11.7 Å². The van der Waals surface area contributed by atoms with Crippen molar-refractivity contribution in [1.82, 2.24) is 20.2 Å². The molecule has 0 aliphatic carbocycles. The van der Waals surface area contributed by atoms with Crippen LogP contribution in [0.15, 0.2) is 59.8 Å². The summed E-state index contributed by atoms with van der Waals surface area (Å²) in [6, 6.07) is 17.7. The maximum absolute atomic E-state index is 12.5. The largest absolute Gasteiger partial charge is 0.325 e. The minimum Gasteiger partial charge on any atom is -0.325 e. The number of aromatic nitrogens is 4. The summed E-state index contributed by atoms with van der Waals surface area (Å²) in [7, 11) is 1.75. The summed E-state index contributed by atoms with van der Waals surface area (Å²) in [5, 5.41) is 14.5. The summed E-state index contributed by atoms with van der Waals surface area (Å²) in [5.41, 5.74) is 2.84. The summed E-state index contributed by atoms with van der Waals surface area (Å²) in [6.45, 7) is 1.83. The highest BCUT2D eigenvalue weighted by atomic mass is 32.2. The van der Waals surface area contributed by atoms with Crippen LogP contribution < -0.4 is 5.32 Å². The molecule has 1 heterocycles. The molecule has 0 saturated heterocycles. The van der Waals surface area contributed by atoms with E-state index in [9.17, 15) is 4.79 Å². The van der Waals surface area contributed by atoms with Crippen LogP contribution in [0, 0.1) is 0 Å². The zero-order valence-electron chi connectivity index (χ0n) is 13.4. The molecule has 7 heteroatoms. The number of carbonyl (C=O) groups excluding carboxylic acids is 1.